The van der Waals surface area contributed by atoms with E-state index in [4.69, 9.17) is 15.9 Å². The summed E-state index contributed by atoms with van der Waals surface area (Å²) < 4.78 is 1.68. The molecule has 0 radical (unpaired) electrons. The average molecular weight is 226 g/mol. The summed E-state index contributed by atoms with van der Waals surface area (Å²) in [6, 6.07) is 0. The Morgan fingerprint density at radius 2 is 1.94 bits per heavy atom. The van der Waals surface area contributed by atoms with Crippen molar-refractivity contribution in [3.63, 3.8) is 0 Å². The van der Waals surface area contributed by atoms with Crippen molar-refractivity contribution in [3.05, 3.63) is 12.7 Å². The maximum Gasteiger partial charge on any atom is 0.201 e. The first kappa shape index (κ1) is 10.7. The molecule has 88 valence electrons. The van der Waals surface area contributed by atoms with Crippen molar-refractivity contribution >= 4 is 11.5 Å². The van der Waals surface area contributed by atoms with Gasteiger partial charge in [-0.25, -0.2) is 4.98 Å². The Morgan fingerprint density at radius 3 is 2.56 bits per heavy atom. The molecule has 8 nitrogen and oxygen atoms in total. The van der Waals surface area contributed by atoms with E-state index in [2.05, 4.69) is 10.1 Å². The molecule has 0 aromatic carbocycles. The second-order valence-electron chi connectivity index (χ2n) is 3.28. The highest BCUT2D eigenvalue weighted by Gasteiger charge is 2.13. The SMILES string of the molecule is Nc1ncn2cnn(N(CCO)CCO)c12. The number of nitrogens with two attached hydrogens (primary N) is 1. The molecule has 0 bridgehead atoms. The number of hydrogen-bond acceptors (Lipinski definition) is 6. The number of fused-ring (bicyclic) bond motifs is 1. The number of rotatable bonds is 5. The van der Waals surface area contributed by atoms with E-state index in [0.717, 1.165) is 0 Å². The topological polar surface area (TPSA) is 105 Å². The summed E-state index contributed by atoms with van der Waals surface area (Å²) in [6.45, 7) is 0.672. The van der Waals surface area contributed by atoms with Crippen LogP contribution in [0.3, 0.4) is 0 Å². The molecule has 0 fully saturated rings. The molecule has 2 rings (SSSR count). The number of aliphatic hydroxyl groups is 2. The van der Waals surface area contributed by atoms with E-state index >= 15 is 0 Å². The third-order valence-corrected chi connectivity index (χ3v) is 2.25. The second kappa shape index (κ2) is 4.37. The van der Waals surface area contributed by atoms with Crippen molar-refractivity contribution < 1.29 is 10.2 Å². The quantitative estimate of drug-likeness (QED) is 0.546. The molecule has 0 spiro atoms. The standard InChI is InChI=1S/C8H14N6O2/c9-7-8-12(5-10-7)6-11-14(8)13(1-3-15)2-4-16/h5-6,15-16H,1-4,9H2. The maximum absolute atomic E-state index is 8.94. The minimum absolute atomic E-state index is 0.0277. The fraction of sp³-hybridized carbons (Fsp3) is 0.500. The van der Waals surface area contributed by atoms with E-state index in [1.807, 2.05) is 0 Å². The molecular formula is C8H14N6O2. The first-order valence-electron chi connectivity index (χ1n) is 4.91. The van der Waals surface area contributed by atoms with Crippen LogP contribution in [-0.2, 0) is 0 Å². The lowest BCUT2D eigenvalue weighted by molar-refractivity contribution is 0.262. The van der Waals surface area contributed by atoms with Gasteiger partial charge in [-0.3, -0.25) is 9.41 Å². The lowest BCUT2D eigenvalue weighted by atomic mass is 10.6. The zero-order valence-electron chi connectivity index (χ0n) is 8.69. The van der Waals surface area contributed by atoms with Crippen LogP contribution in [0.1, 0.15) is 0 Å². The van der Waals surface area contributed by atoms with Crippen molar-refractivity contribution in [1.29, 1.82) is 0 Å². The molecule has 0 saturated heterocycles. The summed E-state index contributed by atoms with van der Waals surface area (Å²) in [4.78, 5) is 5.48. The molecule has 0 unspecified atom stereocenters. The highest BCUT2D eigenvalue weighted by molar-refractivity contribution is 5.60. The van der Waals surface area contributed by atoms with Crippen molar-refractivity contribution in [3.8, 4) is 0 Å². The molecule has 0 aliphatic rings. The predicted molar refractivity (Wildman–Crippen MR) is 57.5 cm³/mol. The molecule has 0 saturated carbocycles. The number of anilines is 1. The monoisotopic (exact) mass is 226 g/mol. The van der Waals surface area contributed by atoms with Crippen LogP contribution >= 0.6 is 0 Å². The van der Waals surface area contributed by atoms with Crippen molar-refractivity contribution in [2.75, 3.05) is 37.0 Å². The molecule has 0 amide bonds. The summed E-state index contributed by atoms with van der Waals surface area (Å²) >= 11 is 0. The van der Waals surface area contributed by atoms with Crippen molar-refractivity contribution in [2.45, 2.75) is 0 Å². The Balaban J connectivity index is 2.38. The van der Waals surface area contributed by atoms with Gasteiger partial charge in [0, 0.05) is 0 Å². The van der Waals surface area contributed by atoms with Crippen LogP contribution in [0.5, 0.6) is 0 Å². The number of imidazole rings is 1. The van der Waals surface area contributed by atoms with Gasteiger partial charge in [0.25, 0.3) is 0 Å². The largest absolute Gasteiger partial charge is 0.394 e. The molecule has 16 heavy (non-hydrogen) atoms. The highest BCUT2D eigenvalue weighted by Crippen LogP contribution is 2.10. The van der Waals surface area contributed by atoms with Crippen LogP contribution in [0, 0.1) is 0 Å². The lowest BCUT2D eigenvalue weighted by Gasteiger charge is -2.22. The van der Waals surface area contributed by atoms with Crippen LogP contribution in [0.15, 0.2) is 12.7 Å². The smallest absolute Gasteiger partial charge is 0.201 e. The van der Waals surface area contributed by atoms with Crippen LogP contribution in [0.25, 0.3) is 5.65 Å². The molecule has 0 aliphatic heterocycles. The third kappa shape index (κ3) is 1.68. The van der Waals surface area contributed by atoms with E-state index < -0.39 is 0 Å². The normalized spacial score (nSPS) is 11.1. The fourth-order valence-electron chi connectivity index (χ4n) is 1.56. The molecule has 2 aromatic heterocycles. The molecule has 8 heteroatoms. The summed E-state index contributed by atoms with van der Waals surface area (Å²) in [7, 11) is 0. The summed E-state index contributed by atoms with van der Waals surface area (Å²) in [5, 5.41) is 23.7. The van der Waals surface area contributed by atoms with E-state index in [1.165, 1.54) is 4.79 Å². The predicted octanol–water partition coefficient (Wildman–Crippen LogP) is -1.96. The van der Waals surface area contributed by atoms with Crippen LogP contribution < -0.4 is 10.7 Å². The lowest BCUT2D eigenvalue weighted by Crippen LogP contribution is -2.40. The minimum Gasteiger partial charge on any atom is -0.394 e. The van der Waals surface area contributed by atoms with Gasteiger partial charge in [-0.05, 0) is 0 Å². The molecule has 4 N–H and O–H groups in total. The average Bonchev–Trinajstić information content (AvgIpc) is 2.82. The summed E-state index contributed by atoms with van der Waals surface area (Å²) in [6.07, 6.45) is 3.13. The van der Waals surface area contributed by atoms with Crippen LogP contribution in [0.2, 0.25) is 0 Å². The number of nitrogens with zero attached hydrogens (tertiary/aromatic N) is 5. The number of aliphatic hydroxyl groups excluding tert-OH is 2. The summed E-state index contributed by atoms with van der Waals surface area (Å²) in [5.74, 6) is 0.360. The Labute approximate surface area is 91.5 Å². The van der Waals surface area contributed by atoms with E-state index in [1.54, 1.807) is 22.1 Å². The van der Waals surface area contributed by atoms with Gasteiger partial charge in [-0.15, -0.1) is 5.10 Å². The first-order valence-corrected chi connectivity index (χ1v) is 4.91. The molecule has 0 aliphatic carbocycles. The second-order valence-corrected chi connectivity index (χ2v) is 3.28. The van der Waals surface area contributed by atoms with Gasteiger partial charge in [0.05, 0.1) is 26.3 Å². The maximum atomic E-state index is 8.94. The molecular weight excluding hydrogens is 212 g/mol. The van der Waals surface area contributed by atoms with E-state index in [0.29, 0.717) is 24.6 Å². The number of hydrogen-bond donors (Lipinski definition) is 3. The summed E-state index contributed by atoms with van der Waals surface area (Å²) in [5.41, 5.74) is 6.33. The molecule has 2 aromatic rings. The van der Waals surface area contributed by atoms with Gasteiger partial charge < -0.3 is 15.9 Å². The van der Waals surface area contributed by atoms with Crippen LogP contribution in [-0.4, -0.2) is 55.8 Å². The van der Waals surface area contributed by atoms with Crippen molar-refractivity contribution in [1.82, 2.24) is 19.3 Å². The zero-order valence-corrected chi connectivity index (χ0v) is 8.69. The Bertz CT molecular complexity index is 458. The van der Waals surface area contributed by atoms with E-state index in [-0.39, 0.29) is 13.2 Å². The van der Waals surface area contributed by atoms with Gasteiger partial charge in [-0.1, -0.05) is 0 Å². The van der Waals surface area contributed by atoms with Gasteiger partial charge in [0.2, 0.25) is 5.65 Å². The zero-order chi connectivity index (χ0) is 11.5. The fourth-order valence-corrected chi connectivity index (χ4v) is 1.56. The first-order chi connectivity index (χ1) is 7.77. The minimum atomic E-state index is -0.0277. The van der Waals surface area contributed by atoms with Crippen LogP contribution in [0.4, 0.5) is 5.82 Å². The van der Waals surface area contributed by atoms with Gasteiger partial charge in [-0.2, -0.15) is 4.79 Å². The molecule has 0 atom stereocenters. The highest BCUT2D eigenvalue weighted by atomic mass is 16.3. The number of nitrogen functional groups attached to an aromatic ring is 1. The Hall–Kier alpha value is -1.80. The van der Waals surface area contributed by atoms with Gasteiger partial charge in [0.1, 0.15) is 12.7 Å². The third-order valence-electron chi connectivity index (χ3n) is 2.25. The van der Waals surface area contributed by atoms with Crippen molar-refractivity contribution in [2.24, 2.45) is 0 Å². The van der Waals surface area contributed by atoms with E-state index in [9.17, 15) is 0 Å². The molecule has 2 heterocycles. The van der Waals surface area contributed by atoms with Gasteiger partial charge >= 0.3 is 0 Å². The van der Waals surface area contributed by atoms with Gasteiger partial charge in [0.15, 0.2) is 5.82 Å². The Kier molecular flexibility index (Phi) is 2.93. The Morgan fingerprint density at radius 1 is 1.25 bits per heavy atom. The number of aromatic nitrogens is 4.